The van der Waals surface area contributed by atoms with Gasteiger partial charge in [-0.05, 0) is 77.2 Å². The molecule has 0 saturated heterocycles. The summed E-state index contributed by atoms with van der Waals surface area (Å²) in [6.07, 6.45) is 2.01. The van der Waals surface area contributed by atoms with Gasteiger partial charge in [0.25, 0.3) is 0 Å². The second kappa shape index (κ2) is 6.76. The first kappa shape index (κ1) is 16.5. The van der Waals surface area contributed by atoms with E-state index >= 15 is 0 Å². The first-order valence-electron chi connectivity index (χ1n) is 7.65. The zero-order chi connectivity index (χ0) is 17.4. The second-order valence-electron chi connectivity index (χ2n) is 5.59. The fourth-order valence-corrected chi connectivity index (χ4v) is 5.07. The Morgan fingerprint density at radius 2 is 1.40 bits per heavy atom. The average molecular weight is 469 g/mol. The molecule has 0 saturated carbocycles. The minimum Gasteiger partial charge on any atom is -0.192 e. The molecule has 0 N–H and O–H groups in total. The molecule has 120 valence electrons. The van der Waals surface area contributed by atoms with Gasteiger partial charge in [-0.25, -0.2) is 0 Å². The largest absolute Gasteiger partial charge is 0.192 e. The maximum atomic E-state index is 9.71. The van der Waals surface area contributed by atoms with Crippen LogP contribution in [0.4, 0.5) is 0 Å². The van der Waals surface area contributed by atoms with Gasteiger partial charge in [0.2, 0.25) is 0 Å². The van der Waals surface area contributed by atoms with Crippen molar-refractivity contribution in [2.24, 2.45) is 0 Å². The van der Waals surface area contributed by atoms with Crippen molar-refractivity contribution < 1.29 is 0 Å². The molecule has 0 fully saturated rings. The summed E-state index contributed by atoms with van der Waals surface area (Å²) in [4.78, 5) is 0.963. The molecule has 1 aromatic heterocycles. The van der Waals surface area contributed by atoms with E-state index in [1.165, 1.54) is 0 Å². The summed E-state index contributed by atoms with van der Waals surface area (Å²) < 4.78 is 2.11. The Bertz CT molecular complexity index is 1120. The summed E-state index contributed by atoms with van der Waals surface area (Å²) >= 11 is 8.81. The zero-order valence-electron chi connectivity index (χ0n) is 13.0. The Hall–Kier alpha value is -1.93. The molecule has 0 bridgehead atoms. The van der Waals surface area contributed by atoms with E-state index in [4.69, 9.17) is 0 Å². The van der Waals surface area contributed by atoms with E-state index in [1.54, 1.807) is 11.3 Å². The van der Waals surface area contributed by atoms with E-state index in [-0.39, 0.29) is 0 Å². The molecule has 1 nitrogen and oxygen atoms in total. The molecule has 3 aromatic carbocycles. The van der Waals surface area contributed by atoms with Gasteiger partial charge in [0.05, 0.1) is 9.36 Å². The van der Waals surface area contributed by atoms with Crippen LogP contribution in [0.5, 0.6) is 0 Å². The minimum atomic E-state index is 0.674. The number of rotatable bonds is 2. The summed E-state index contributed by atoms with van der Waals surface area (Å²) in [6, 6.07) is 22.9. The first-order valence-corrected chi connectivity index (χ1v) is 10.1. The molecule has 0 aliphatic heterocycles. The van der Waals surface area contributed by atoms with Crippen LogP contribution in [0.15, 0.2) is 68.9 Å². The number of thiophene rings is 1. The van der Waals surface area contributed by atoms with Crippen molar-refractivity contribution in [2.45, 2.75) is 0 Å². The number of hydrogen-bond donors (Lipinski definition) is 0. The standard InChI is InChI=1S/C21H11Br2NS/c22-20-10-9-19(25-20)13(12-24)11-18-14-5-1-3-7-16(14)21(23)17-8-4-2-6-15(17)18/h1-11H/b13-11+. The minimum absolute atomic E-state index is 0.674. The maximum Gasteiger partial charge on any atom is 0.101 e. The third-order valence-electron chi connectivity index (χ3n) is 4.16. The molecule has 0 amide bonds. The topological polar surface area (TPSA) is 23.8 Å². The summed E-state index contributed by atoms with van der Waals surface area (Å²) in [5, 5.41) is 14.3. The number of nitrogens with zero attached hydrogens (tertiary/aromatic N) is 1. The first-order chi connectivity index (χ1) is 12.2. The number of hydrogen-bond acceptors (Lipinski definition) is 2. The fraction of sp³-hybridized carbons (Fsp3) is 0. The van der Waals surface area contributed by atoms with Crippen molar-refractivity contribution in [3.63, 3.8) is 0 Å². The fourth-order valence-electron chi connectivity index (χ4n) is 3.03. The highest BCUT2D eigenvalue weighted by atomic mass is 79.9. The van der Waals surface area contributed by atoms with Crippen LogP contribution in [0.1, 0.15) is 10.4 Å². The lowest BCUT2D eigenvalue weighted by Gasteiger charge is -2.11. The van der Waals surface area contributed by atoms with Crippen LogP contribution >= 0.6 is 43.2 Å². The summed E-state index contributed by atoms with van der Waals surface area (Å²) in [5.41, 5.74) is 1.75. The molecule has 0 aliphatic rings. The van der Waals surface area contributed by atoms with Gasteiger partial charge in [-0.15, -0.1) is 11.3 Å². The molecule has 4 heteroatoms. The Labute approximate surface area is 166 Å². The molecule has 4 aromatic rings. The van der Waals surface area contributed by atoms with E-state index in [0.717, 1.165) is 40.2 Å². The van der Waals surface area contributed by atoms with Gasteiger partial charge < -0.3 is 0 Å². The van der Waals surface area contributed by atoms with Crippen molar-refractivity contribution in [1.29, 1.82) is 5.26 Å². The Morgan fingerprint density at radius 1 is 0.840 bits per heavy atom. The highest BCUT2D eigenvalue weighted by Gasteiger charge is 2.12. The van der Waals surface area contributed by atoms with E-state index in [1.807, 2.05) is 42.5 Å². The van der Waals surface area contributed by atoms with Crippen LogP contribution in [0.2, 0.25) is 0 Å². The number of halogens is 2. The SMILES string of the molecule is N#C/C(=C\c1c2ccccc2c(Br)c2ccccc12)c1ccc(Br)s1. The Morgan fingerprint density at radius 3 is 1.88 bits per heavy atom. The molecule has 25 heavy (non-hydrogen) atoms. The summed E-state index contributed by atoms with van der Waals surface area (Å²) in [5.74, 6) is 0. The predicted molar refractivity (Wildman–Crippen MR) is 115 cm³/mol. The van der Waals surface area contributed by atoms with Crippen molar-refractivity contribution in [2.75, 3.05) is 0 Å². The van der Waals surface area contributed by atoms with Crippen molar-refractivity contribution in [3.8, 4) is 6.07 Å². The number of benzene rings is 3. The molecule has 0 atom stereocenters. The Kier molecular flexibility index (Phi) is 4.47. The second-order valence-corrected chi connectivity index (χ2v) is 8.85. The van der Waals surface area contributed by atoms with Crippen molar-refractivity contribution in [1.82, 2.24) is 0 Å². The van der Waals surface area contributed by atoms with Gasteiger partial charge in [0.15, 0.2) is 0 Å². The quantitative estimate of drug-likeness (QED) is 0.219. The van der Waals surface area contributed by atoms with E-state index in [9.17, 15) is 5.26 Å². The number of allylic oxidation sites excluding steroid dienone is 1. The van der Waals surface area contributed by atoms with Gasteiger partial charge in [0, 0.05) is 9.35 Å². The normalized spacial score (nSPS) is 11.8. The molecular formula is C21H11Br2NS. The molecule has 4 rings (SSSR count). The van der Waals surface area contributed by atoms with Crippen LogP contribution < -0.4 is 0 Å². The smallest absolute Gasteiger partial charge is 0.101 e. The molecule has 1 heterocycles. The molecule has 0 radical (unpaired) electrons. The van der Waals surface area contributed by atoms with Crippen LogP contribution in [0, 0.1) is 11.3 Å². The summed E-state index contributed by atoms with van der Waals surface area (Å²) in [6.45, 7) is 0. The van der Waals surface area contributed by atoms with Crippen molar-refractivity contribution in [3.05, 3.63) is 79.4 Å². The van der Waals surface area contributed by atoms with Gasteiger partial charge >= 0.3 is 0 Å². The lowest BCUT2D eigenvalue weighted by Crippen LogP contribution is -1.87. The zero-order valence-corrected chi connectivity index (χ0v) is 17.0. The lowest BCUT2D eigenvalue weighted by atomic mass is 9.95. The highest BCUT2D eigenvalue weighted by Crippen LogP contribution is 2.38. The third kappa shape index (κ3) is 2.93. The van der Waals surface area contributed by atoms with E-state index in [0.29, 0.717) is 5.57 Å². The molecule has 0 aliphatic carbocycles. The van der Waals surface area contributed by atoms with E-state index < -0.39 is 0 Å². The van der Waals surface area contributed by atoms with Crippen LogP contribution in [-0.4, -0.2) is 0 Å². The molecule has 0 spiro atoms. The predicted octanol–water partition coefficient (Wildman–Crippen LogP) is 7.64. The molecule has 0 unspecified atom stereocenters. The lowest BCUT2D eigenvalue weighted by molar-refractivity contribution is 1.54. The van der Waals surface area contributed by atoms with Gasteiger partial charge in [-0.3, -0.25) is 0 Å². The van der Waals surface area contributed by atoms with Crippen LogP contribution in [0.3, 0.4) is 0 Å². The highest BCUT2D eigenvalue weighted by molar-refractivity contribution is 9.11. The molecular weight excluding hydrogens is 458 g/mol. The number of fused-ring (bicyclic) bond motifs is 2. The third-order valence-corrected chi connectivity index (χ3v) is 6.67. The van der Waals surface area contributed by atoms with Gasteiger partial charge in [-0.2, -0.15) is 5.26 Å². The summed E-state index contributed by atoms with van der Waals surface area (Å²) in [7, 11) is 0. The van der Waals surface area contributed by atoms with Crippen LogP contribution in [0.25, 0.3) is 33.2 Å². The maximum absolute atomic E-state index is 9.71. The number of nitriles is 1. The van der Waals surface area contributed by atoms with Crippen LogP contribution in [-0.2, 0) is 0 Å². The van der Waals surface area contributed by atoms with E-state index in [2.05, 4.69) is 62.2 Å². The average Bonchev–Trinajstić information content (AvgIpc) is 3.08. The Balaban J connectivity index is 2.10. The van der Waals surface area contributed by atoms with Gasteiger partial charge in [-0.1, -0.05) is 48.5 Å². The van der Waals surface area contributed by atoms with Gasteiger partial charge in [0.1, 0.15) is 6.07 Å². The monoisotopic (exact) mass is 467 g/mol. The van der Waals surface area contributed by atoms with Crippen molar-refractivity contribution >= 4 is 76.4 Å².